The fraction of sp³-hybridized carbons (Fsp3) is 0. The van der Waals surface area contributed by atoms with E-state index in [-0.39, 0.29) is 5.56 Å². The van der Waals surface area contributed by atoms with Crippen molar-refractivity contribution in [2.75, 3.05) is 0 Å². The summed E-state index contributed by atoms with van der Waals surface area (Å²) in [6.45, 7) is 0. The number of benzene rings is 1. The number of aliphatic carboxylic acids is 1. The Morgan fingerprint density at radius 2 is 2.00 bits per heavy atom. The molecule has 0 heterocycles. The Kier molecular flexibility index (Phi) is 2.69. The number of rotatable bonds is 2. The van der Waals surface area contributed by atoms with Crippen LogP contribution in [0, 0.1) is 11.6 Å². The van der Waals surface area contributed by atoms with Gasteiger partial charge in [0.2, 0.25) is 0 Å². The van der Waals surface area contributed by atoms with Crippen molar-refractivity contribution in [2.24, 2.45) is 0 Å². The van der Waals surface area contributed by atoms with E-state index in [1.807, 2.05) is 0 Å². The van der Waals surface area contributed by atoms with Gasteiger partial charge in [-0.2, -0.15) is 4.79 Å². The molecule has 0 bridgehead atoms. The van der Waals surface area contributed by atoms with Crippen molar-refractivity contribution in [1.29, 1.82) is 0 Å². The van der Waals surface area contributed by atoms with Gasteiger partial charge in [0.05, 0.1) is 5.56 Å². The molecule has 1 aromatic carbocycles. The minimum Gasteiger partial charge on any atom is -0.472 e. The fourth-order valence-corrected chi connectivity index (χ4v) is 0.867. The summed E-state index contributed by atoms with van der Waals surface area (Å²) in [5.41, 5.74) is 7.35. The molecule has 0 unspecified atom stereocenters. The van der Waals surface area contributed by atoms with E-state index in [0.717, 1.165) is 12.1 Å². The van der Waals surface area contributed by atoms with Crippen LogP contribution in [-0.2, 0) is 4.79 Å². The van der Waals surface area contributed by atoms with Gasteiger partial charge in [0.25, 0.3) is 0 Å². The van der Waals surface area contributed by atoms with Crippen LogP contribution in [-0.4, -0.2) is 21.6 Å². The maximum Gasteiger partial charge on any atom is 0.419 e. The predicted molar refractivity (Wildman–Crippen MR) is 41.7 cm³/mol. The van der Waals surface area contributed by atoms with Crippen LogP contribution in [0.3, 0.4) is 0 Å². The van der Waals surface area contributed by atoms with Gasteiger partial charge in [0.15, 0.2) is 11.6 Å². The van der Waals surface area contributed by atoms with E-state index >= 15 is 0 Å². The highest BCUT2D eigenvalue weighted by Gasteiger charge is 2.22. The molecular weight excluding hydrogens is 194 g/mol. The van der Waals surface area contributed by atoms with Gasteiger partial charge in [-0.15, -0.1) is 0 Å². The second-order valence-electron chi connectivity index (χ2n) is 2.38. The highest BCUT2D eigenvalue weighted by atomic mass is 19.2. The molecular formula is C8H4F2N2O2. The molecule has 0 amide bonds. The van der Waals surface area contributed by atoms with E-state index in [9.17, 15) is 13.6 Å². The lowest BCUT2D eigenvalue weighted by molar-refractivity contribution is -0.133. The van der Waals surface area contributed by atoms with Gasteiger partial charge < -0.3 is 10.6 Å². The summed E-state index contributed by atoms with van der Waals surface area (Å²) >= 11 is 0. The molecule has 0 saturated heterocycles. The molecule has 4 nitrogen and oxygen atoms in total. The maximum atomic E-state index is 12.6. The third-order valence-electron chi connectivity index (χ3n) is 1.50. The van der Waals surface area contributed by atoms with Crippen LogP contribution in [0.25, 0.3) is 5.53 Å². The van der Waals surface area contributed by atoms with E-state index in [4.69, 9.17) is 10.6 Å². The van der Waals surface area contributed by atoms with Crippen LogP contribution in [0.1, 0.15) is 5.56 Å². The first-order chi connectivity index (χ1) is 6.56. The number of carboxylic acid groups (broad SMARTS) is 1. The standard InChI is InChI=1S/C8H4F2N2O2/c9-5-2-1-4(3-6(5)10)7(12-11)8(13)14/h1-3H,(H,13,14). The zero-order valence-electron chi connectivity index (χ0n) is 6.74. The molecule has 0 spiro atoms. The summed E-state index contributed by atoms with van der Waals surface area (Å²) < 4.78 is 25.1. The Labute approximate surface area is 77.0 Å². The molecule has 1 rings (SSSR count). The monoisotopic (exact) mass is 198 g/mol. The van der Waals surface area contributed by atoms with E-state index in [1.54, 1.807) is 0 Å². The summed E-state index contributed by atoms with van der Waals surface area (Å²) in [4.78, 5) is 12.9. The normalized spacial score (nSPS) is 9.29. The van der Waals surface area contributed by atoms with Gasteiger partial charge in [-0.05, 0) is 18.2 Å². The highest BCUT2D eigenvalue weighted by molar-refractivity contribution is 6.39. The Balaban J connectivity index is 3.27. The lowest BCUT2D eigenvalue weighted by Gasteiger charge is -1.93. The third-order valence-corrected chi connectivity index (χ3v) is 1.50. The molecule has 0 saturated carbocycles. The largest absolute Gasteiger partial charge is 0.472 e. The van der Waals surface area contributed by atoms with Gasteiger partial charge in [-0.25, -0.2) is 13.6 Å². The van der Waals surface area contributed by atoms with Crippen molar-refractivity contribution in [3.8, 4) is 0 Å². The van der Waals surface area contributed by atoms with Gasteiger partial charge in [-0.3, -0.25) is 0 Å². The van der Waals surface area contributed by atoms with E-state index in [2.05, 4.69) is 4.79 Å². The first kappa shape index (κ1) is 10.0. The number of hydrogen-bond acceptors (Lipinski definition) is 1. The average Bonchev–Trinajstić information content (AvgIpc) is 2.11. The quantitative estimate of drug-likeness (QED) is 0.438. The molecule has 0 aromatic heterocycles. The van der Waals surface area contributed by atoms with Crippen LogP contribution in [0.2, 0.25) is 0 Å². The fourth-order valence-electron chi connectivity index (χ4n) is 0.867. The summed E-state index contributed by atoms with van der Waals surface area (Å²) in [5.74, 6) is -3.83. The van der Waals surface area contributed by atoms with Crippen LogP contribution in [0.4, 0.5) is 8.78 Å². The lowest BCUT2D eigenvalue weighted by atomic mass is 10.1. The van der Waals surface area contributed by atoms with Crippen LogP contribution < -0.4 is 0 Å². The Hall–Kier alpha value is -2.07. The lowest BCUT2D eigenvalue weighted by Crippen LogP contribution is -2.15. The van der Waals surface area contributed by atoms with E-state index in [0.29, 0.717) is 6.07 Å². The predicted octanol–water partition coefficient (Wildman–Crippen LogP) is 1.07. The SMILES string of the molecule is [N-]=[N+]=C(C(=O)O)c1ccc(F)c(F)c1. The summed E-state index contributed by atoms with van der Waals surface area (Å²) in [6.07, 6.45) is 0. The van der Waals surface area contributed by atoms with Crippen LogP contribution >= 0.6 is 0 Å². The van der Waals surface area contributed by atoms with Gasteiger partial charge >= 0.3 is 11.7 Å². The van der Waals surface area contributed by atoms with Gasteiger partial charge in [0, 0.05) is 0 Å². The number of nitrogens with zero attached hydrogens (tertiary/aromatic N) is 2. The van der Waals surface area contributed by atoms with Crippen LogP contribution in [0.15, 0.2) is 18.2 Å². The number of hydrogen-bond donors (Lipinski definition) is 1. The number of halogens is 2. The number of carboxylic acids is 1. The van der Waals surface area contributed by atoms with E-state index in [1.165, 1.54) is 0 Å². The summed E-state index contributed by atoms with van der Waals surface area (Å²) in [6, 6.07) is 2.39. The molecule has 0 radical (unpaired) electrons. The topological polar surface area (TPSA) is 73.7 Å². The van der Waals surface area contributed by atoms with Crippen molar-refractivity contribution in [2.45, 2.75) is 0 Å². The molecule has 0 aliphatic carbocycles. The third kappa shape index (κ3) is 1.81. The molecule has 72 valence electrons. The van der Waals surface area contributed by atoms with E-state index < -0.39 is 23.3 Å². The summed E-state index contributed by atoms with van der Waals surface area (Å²) in [7, 11) is 0. The van der Waals surface area contributed by atoms with Crippen molar-refractivity contribution in [3.63, 3.8) is 0 Å². The number of carbonyl (C=O) groups is 1. The zero-order valence-corrected chi connectivity index (χ0v) is 6.74. The zero-order chi connectivity index (χ0) is 10.7. The minimum absolute atomic E-state index is 0.209. The van der Waals surface area contributed by atoms with Gasteiger partial charge in [0.1, 0.15) is 0 Å². The first-order valence-electron chi connectivity index (χ1n) is 3.47. The molecule has 0 aliphatic heterocycles. The second-order valence-corrected chi connectivity index (χ2v) is 2.38. The Morgan fingerprint density at radius 1 is 1.36 bits per heavy atom. The molecule has 0 atom stereocenters. The van der Waals surface area contributed by atoms with Crippen molar-refractivity contribution >= 4 is 11.7 Å². The average molecular weight is 198 g/mol. The highest BCUT2D eigenvalue weighted by Crippen LogP contribution is 2.08. The summed E-state index contributed by atoms with van der Waals surface area (Å²) in [5, 5.41) is 8.48. The second kappa shape index (κ2) is 3.76. The van der Waals surface area contributed by atoms with Crippen molar-refractivity contribution in [3.05, 3.63) is 40.9 Å². The molecule has 1 N–H and O–H groups in total. The molecule has 0 aliphatic rings. The minimum atomic E-state index is -1.53. The van der Waals surface area contributed by atoms with Crippen molar-refractivity contribution < 1.29 is 23.5 Å². The Bertz CT molecular complexity index is 439. The maximum absolute atomic E-state index is 12.6. The molecule has 0 fully saturated rings. The molecule has 6 heteroatoms. The van der Waals surface area contributed by atoms with Crippen molar-refractivity contribution in [1.82, 2.24) is 0 Å². The molecule has 14 heavy (non-hydrogen) atoms. The van der Waals surface area contributed by atoms with Gasteiger partial charge in [-0.1, -0.05) is 0 Å². The molecule has 1 aromatic rings. The smallest absolute Gasteiger partial charge is 0.419 e. The van der Waals surface area contributed by atoms with Crippen LogP contribution in [0.5, 0.6) is 0 Å². The first-order valence-corrected chi connectivity index (χ1v) is 3.47. The Morgan fingerprint density at radius 3 is 2.43 bits per heavy atom.